The molecule has 0 saturated carbocycles. The van der Waals surface area contributed by atoms with Crippen LogP contribution in [-0.4, -0.2) is 15.7 Å². The molecule has 21 heavy (non-hydrogen) atoms. The van der Waals surface area contributed by atoms with E-state index in [0.29, 0.717) is 5.52 Å². The van der Waals surface area contributed by atoms with Gasteiger partial charge in [0, 0.05) is 12.3 Å². The summed E-state index contributed by atoms with van der Waals surface area (Å²) in [5.74, 6) is -1.25. The number of carbonyl (C=O) groups excluding carboxylic acids is 1. The smallest absolute Gasteiger partial charge is 0.279 e. The maximum atomic E-state index is 13.7. The van der Waals surface area contributed by atoms with Gasteiger partial charge in [0.2, 0.25) is 0 Å². The first kappa shape index (κ1) is 13.0. The van der Waals surface area contributed by atoms with Crippen LogP contribution in [0.3, 0.4) is 0 Å². The van der Waals surface area contributed by atoms with Crippen LogP contribution in [0, 0.1) is 15.9 Å². The lowest BCUT2D eigenvalue weighted by molar-refractivity contribution is -0.383. The van der Waals surface area contributed by atoms with E-state index in [4.69, 9.17) is 0 Å². The fraction of sp³-hybridized carbons (Fsp3) is 0. The Morgan fingerprint density at radius 2 is 1.86 bits per heavy atom. The second-order valence-corrected chi connectivity index (χ2v) is 4.47. The molecule has 1 N–H and O–H groups in total. The number of aromatic amines is 1. The fourth-order valence-corrected chi connectivity index (χ4v) is 2.29. The van der Waals surface area contributed by atoms with E-state index in [1.807, 2.05) is 0 Å². The average molecular weight is 284 g/mol. The van der Waals surface area contributed by atoms with Crippen LogP contribution in [0.15, 0.2) is 48.7 Å². The summed E-state index contributed by atoms with van der Waals surface area (Å²) in [6.45, 7) is 0. The van der Waals surface area contributed by atoms with Gasteiger partial charge in [0.15, 0.2) is 5.78 Å². The monoisotopic (exact) mass is 284 g/mol. The minimum Gasteiger partial charge on any atom is -0.360 e. The Bertz CT molecular complexity index is 870. The van der Waals surface area contributed by atoms with Gasteiger partial charge >= 0.3 is 0 Å². The molecule has 0 atom stereocenters. The molecule has 104 valence electrons. The van der Waals surface area contributed by atoms with Crippen molar-refractivity contribution in [1.29, 1.82) is 0 Å². The molecule has 0 unspecified atom stereocenters. The number of non-ortho nitro benzene ring substituents is 1. The Kier molecular flexibility index (Phi) is 2.98. The zero-order chi connectivity index (χ0) is 15.0. The highest BCUT2D eigenvalue weighted by Gasteiger charge is 2.23. The maximum Gasteiger partial charge on any atom is 0.279 e. The second-order valence-electron chi connectivity index (χ2n) is 4.47. The summed E-state index contributed by atoms with van der Waals surface area (Å²) in [6.07, 6.45) is 1.37. The van der Waals surface area contributed by atoms with Crippen LogP contribution in [0.5, 0.6) is 0 Å². The number of nitro benzene ring substituents is 1. The van der Waals surface area contributed by atoms with Gasteiger partial charge in [-0.15, -0.1) is 0 Å². The molecule has 0 aliphatic heterocycles. The van der Waals surface area contributed by atoms with E-state index in [0.717, 1.165) is 0 Å². The molecule has 0 aliphatic rings. The third kappa shape index (κ3) is 2.06. The number of hydrogen-bond donors (Lipinski definition) is 1. The summed E-state index contributed by atoms with van der Waals surface area (Å²) in [5, 5.41) is 11.3. The number of carbonyl (C=O) groups is 1. The van der Waals surface area contributed by atoms with Gasteiger partial charge < -0.3 is 4.98 Å². The first-order valence-electron chi connectivity index (χ1n) is 6.13. The highest BCUT2D eigenvalue weighted by molar-refractivity contribution is 6.18. The predicted molar refractivity (Wildman–Crippen MR) is 74.8 cm³/mol. The lowest BCUT2D eigenvalue weighted by Crippen LogP contribution is -2.04. The summed E-state index contributed by atoms with van der Waals surface area (Å²) >= 11 is 0. The molecule has 3 rings (SSSR count). The lowest BCUT2D eigenvalue weighted by atomic mass is 10.0. The number of nitrogens with one attached hydrogen (secondary N) is 1. The number of halogens is 1. The van der Waals surface area contributed by atoms with Crippen molar-refractivity contribution in [3.63, 3.8) is 0 Å². The van der Waals surface area contributed by atoms with Gasteiger partial charge in [-0.05, 0) is 18.2 Å². The Labute approximate surface area is 118 Å². The van der Waals surface area contributed by atoms with Crippen LogP contribution in [0.2, 0.25) is 0 Å². The number of ketones is 1. The molecule has 0 bridgehead atoms. The molecule has 0 amide bonds. The van der Waals surface area contributed by atoms with Crippen LogP contribution in [0.25, 0.3) is 10.9 Å². The fourth-order valence-electron chi connectivity index (χ4n) is 2.29. The molecular weight excluding hydrogens is 275 g/mol. The van der Waals surface area contributed by atoms with Crippen molar-refractivity contribution in [3.05, 3.63) is 75.7 Å². The molecule has 3 aromatic rings. The Morgan fingerprint density at radius 3 is 2.57 bits per heavy atom. The summed E-state index contributed by atoms with van der Waals surface area (Å²) in [4.78, 5) is 25.8. The Morgan fingerprint density at radius 1 is 1.10 bits per heavy atom. The van der Waals surface area contributed by atoms with Crippen LogP contribution in [0.1, 0.15) is 15.9 Å². The zero-order valence-corrected chi connectivity index (χ0v) is 10.7. The number of fused-ring (bicyclic) bond motifs is 1. The van der Waals surface area contributed by atoms with Crippen molar-refractivity contribution in [2.24, 2.45) is 0 Å². The Balaban J connectivity index is 2.24. The van der Waals surface area contributed by atoms with Crippen molar-refractivity contribution >= 4 is 22.4 Å². The van der Waals surface area contributed by atoms with Gasteiger partial charge in [0.05, 0.1) is 27.0 Å². The number of H-pyrrole nitrogens is 1. The number of hydrogen-bond acceptors (Lipinski definition) is 3. The van der Waals surface area contributed by atoms with E-state index in [-0.39, 0.29) is 22.2 Å². The Hall–Kier alpha value is -3.02. The van der Waals surface area contributed by atoms with Crippen LogP contribution < -0.4 is 0 Å². The van der Waals surface area contributed by atoms with Gasteiger partial charge in [0.25, 0.3) is 5.69 Å². The molecule has 0 spiro atoms. The lowest BCUT2D eigenvalue weighted by Gasteiger charge is -2.01. The van der Waals surface area contributed by atoms with Crippen molar-refractivity contribution in [2.45, 2.75) is 0 Å². The maximum absolute atomic E-state index is 13.7. The number of benzene rings is 2. The molecule has 2 aromatic carbocycles. The normalized spacial score (nSPS) is 10.7. The number of aromatic nitrogens is 1. The molecular formula is C15H9FN2O3. The molecule has 6 heteroatoms. The van der Waals surface area contributed by atoms with E-state index in [1.165, 1.54) is 36.5 Å². The predicted octanol–water partition coefficient (Wildman–Crippen LogP) is 3.45. The molecule has 0 aliphatic carbocycles. The molecule has 0 radical (unpaired) electrons. The van der Waals surface area contributed by atoms with E-state index in [1.54, 1.807) is 12.1 Å². The minimum atomic E-state index is -0.657. The van der Waals surface area contributed by atoms with Crippen molar-refractivity contribution in [2.75, 3.05) is 0 Å². The highest BCUT2D eigenvalue weighted by Crippen LogP contribution is 2.30. The molecule has 1 heterocycles. The van der Waals surface area contributed by atoms with Crippen molar-refractivity contribution in [1.82, 2.24) is 4.98 Å². The topological polar surface area (TPSA) is 76.0 Å². The number of nitro groups is 1. The van der Waals surface area contributed by atoms with Crippen LogP contribution in [-0.2, 0) is 0 Å². The third-order valence-electron chi connectivity index (χ3n) is 3.24. The number of nitrogens with zero attached hydrogens (tertiary/aromatic N) is 1. The van der Waals surface area contributed by atoms with Crippen molar-refractivity contribution in [3.8, 4) is 0 Å². The molecule has 1 aromatic heterocycles. The van der Waals surface area contributed by atoms with Gasteiger partial charge in [-0.1, -0.05) is 18.2 Å². The first-order chi connectivity index (χ1) is 10.1. The van der Waals surface area contributed by atoms with Gasteiger partial charge in [-0.25, -0.2) is 4.39 Å². The summed E-state index contributed by atoms with van der Waals surface area (Å²) in [6, 6.07) is 10.0. The average Bonchev–Trinajstić information content (AvgIpc) is 2.90. The van der Waals surface area contributed by atoms with Crippen LogP contribution >= 0.6 is 0 Å². The van der Waals surface area contributed by atoms with Gasteiger partial charge in [-0.2, -0.15) is 0 Å². The quantitative estimate of drug-likeness (QED) is 0.454. The van der Waals surface area contributed by atoms with Gasteiger partial charge in [0.1, 0.15) is 5.82 Å². The SMILES string of the molecule is O=C(c1ccccc1F)c1c[nH]c2cccc([N+](=O)[O-])c12. The number of rotatable bonds is 3. The summed E-state index contributed by atoms with van der Waals surface area (Å²) < 4.78 is 13.7. The molecule has 5 nitrogen and oxygen atoms in total. The van der Waals surface area contributed by atoms with E-state index < -0.39 is 16.5 Å². The summed E-state index contributed by atoms with van der Waals surface area (Å²) in [5.41, 5.74) is 0.247. The summed E-state index contributed by atoms with van der Waals surface area (Å²) in [7, 11) is 0. The molecule has 0 fully saturated rings. The van der Waals surface area contributed by atoms with E-state index >= 15 is 0 Å². The van der Waals surface area contributed by atoms with Crippen LogP contribution in [0.4, 0.5) is 10.1 Å². The highest BCUT2D eigenvalue weighted by atomic mass is 19.1. The standard InChI is InChI=1S/C15H9FN2O3/c16-11-5-2-1-4-9(11)15(19)10-8-17-12-6-3-7-13(14(10)12)18(20)21/h1-8,17H. The molecule has 0 saturated heterocycles. The largest absolute Gasteiger partial charge is 0.360 e. The first-order valence-corrected chi connectivity index (χ1v) is 6.13. The van der Waals surface area contributed by atoms with E-state index in [9.17, 15) is 19.3 Å². The minimum absolute atomic E-state index is 0.0856. The zero-order valence-electron chi connectivity index (χ0n) is 10.7. The van der Waals surface area contributed by atoms with Crippen molar-refractivity contribution < 1.29 is 14.1 Å². The van der Waals surface area contributed by atoms with E-state index in [2.05, 4.69) is 4.98 Å². The third-order valence-corrected chi connectivity index (χ3v) is 3.24. The second kappa shape index (κ2) is 4.82. The van der Waals surface area contributed by atoms with Gasteiger partial charge in [-0.3, -0.25) is 14.9 Å².